The number of carbonyl (C=O) groups excluding carboxylic acids is 1. The first-order valence-electron chi connectivity index (χ1n) is 3.72. The lowest BCUT2D eigenvalue weighted by molar-refractivity contribution is -0.162. The molecule has 0 aromatic heterocycles. The van der Waals surface area contributed by atoms with Crippen molar-refractivity contribution in [1.82, 2.24) is 0 Å². The summed E-state index contributed by atoms with van der Waals surface area (Å²) in [5.41, 5.74) is 0. The van der Waals surface area contributed by atoms with Gasteiger partial charge in [0.1, 0.15) is 0 Å². The van der Waals surface area contributed by atoms with Crippen molar-refractivity contribution >= 4 is 5.97 Å². The zero-order chi connectivity index (χ0) is 8.69. The van der Waals surface area contributed by atoms with Crippen molar-refractivity contribution in [3.63, 3.8) is 0 Å². The average Bonchev–Trinajstić information content (AvgIpc) is 1.87. The number of ether oxygens (including phenoxy) is 1. The van der Waals surface area contributed by atoms with E-state index in [1.807, 2.05) is 6.92 Å². The Hall–Kier alpha value is -0.830. The third-order valence-electron chi connectivity index (χ3n) is 1.09. The van der Waals surface area contributed by atoms with Crippen molar-refractivity contribution < 1.29 is 14.6 Å². The fourth-order valence-electron chi connectivity index (χ4n) is 0.615. The van der Waals surface area contributed by atoms with Crippen LogP contribution in [0.2, 0.25) is 0 Å². The summed E-state index contributed by atoms with van der Waals surface area (Å²) in [5.74, 6) is -0.492. The minimum Gasteiger partial charge on any atom is -0.433 e. The van der Waals surface area contributed by atoms with E-state index < -0.39 is 12.3 Å². The molecule has 0 saturated carbocycles. The van der Waals surface area contributed by atoms with Crippen LogP contribution >= 0.6 is 0 Å². The number of esters is 1. The van der Waals surface area contributed by atoms with Gasteiger partial charge in [-0.05, 0) is 6.92 Å². The Bertz CT molecular complexity index is 140. The molecule has 0 aliphatic rings. The maximum Gasteiger partial charge on any atom is 0.332 e. The summed E-state index contributed by atoms with van der Waals surface area (Å²) >= 11 is 0. The minimum atomic E-state index is -0.955. The fraction of sp³-hybridized carbons (Fsp3) is 0.625. The van der Waals surface area contributed by atoms with Gasteiger partial charge in [0.15, 0.2) is 0 Å². The molecule has 64 valence electrons. The summed E-state index contributed by atoms with van der Waals surface area (Å²) in [6.07, 6.45) is 3.18. The maximum atomic E-state index is 10.7. The molecule has 0 bridgehead atoms. The summed E-state index contributed by atoms with van der Waals surface area (Å²) in [6.45, 7) is 3.63. The quantitative estimate of drug-likeness (QED) is 0.380. The van der Waals surface area contributed by atoms with E-state index in [4.69, 9.17) is 5.11 Å². The van der Waals surface area contributed by atoms with Gasteiger partial charge in [0.05, 0.1) is 0 Å². The van der Waals surface area contributed by atoms with Gasteiger partial charge in [-0.3, -0.25) is 0 Å². The van der Waals surface area contributed by atoms with Crippen molar-refractivity contribution in [3.8, 4) is 0 Å². The van der Waals surface area contributed by atoms with Crippen LogP contribution in [0.3, 0.4) is 0 Å². The van der Waals surface area contributed by atoms with Gasteiger partial charge in [-0.25, -0.2) is 4.79 Å². The largest absolute Gasteiger partial charge is 0.433 e. The summed E-state index contributed by atoms with van der Waals surface area (Å²) in [5, 5.41) is 8.97. The monoisotopic (exact) mass is 158 g/mol. The number of allylic oxidation sites excluding steroid dienone is 1. The van der Waals surface area contributed by atoms with E-state index in [2.05, 4.69) is 4.74 Å². The highest BCUT2D eigenvalue weighted by Gasteiger charge is 2.05. The number of carbonyl (C=O) groups is 1. The maximum absolute atomic E-state index is 10.7. The van der Waals surface area contributed by atoms with E-state index in [1.54, 1.807) is 13.0 Å². The smallest absolute Gasteiger partial charge is 0.332 e. The Balaban J connectivity index is 3.57. The normalized spacial score (nSPS) is 13.4. The third-order valence-corrected chi connectivity index (χ3v) is 1.09. The first kappa shape index (κ1) is 10.2. The molecular weight excluding hydrogens is 144 g/mol. The summed E-state index contributed by atoms with van der Waals surface area (Å²) < 4.78 is 4.56. The lowest BCUT2D eigenvalue weighted by atomic mass is 10.3. The van der Waals surface area contributed by atoms with Gasteiger partial charge in [0, 0.05) is 12.5 Å². The van der Waals surface area contributed by atoms with Gasteiger partial charge in [-0.2, -0.15) is 0 Å². The molecule has 0 aromatic carbocycles. The van der Waals surface area contributed by atoms with Crippen LogP contribution in [0, 0.1) is 0 Å². The second-order valence-corrected chi connectivity index (χ2v) is 2.18. The fourth-order valence-corrected chi connectivity index (χ4v) is 0.615. The molecule has 3 heteroatoms. The van der Waals surface area contributed by atoms with Crippen molar-refractivity contribution in [1.29, 1.82) is 0 Å². The van der Waals surface area contributed by atoms with Crippen molar-refractivity contribution in [2.75, 3.05) is 0 Å². The van der Waals surface area contributed by atoms with E-state index >= 15 is 0 Å². The van der Waals surface area contributed by atoms with Gasteiger partial charge >= 0.3 is 5.97 Å². The molecule has 0 aliphatic heterocycles. The van der Waals surface area contributed by atoms with Crippen LogP contribution in [-0.4, -0.2) is 17.4 Å². The number of hydrogen-bond acceptors (Lipinski definition) is 3. The highest BCUT2D eigenvalue weighted by Crippen LogP contribution is 1.98. The summed E-state index contributed by atoms with van der Waals surface area (Å²) in [7, 11) is 0. The Morgan fingerprint density at radius 2 is 2.36 bits per heavy atom. The average molecular weight is 158 g/mol. The molecule has 0 saturated heterocycles. The van der Waals surface area contributed by atoms with Crippen LogP contribution in [0.1, 0.15) is 26.7 Å². The Morgan fingerprint density at radius 3 is 2.82 bits per heavy atom. The van der Waals surface area contributed by atoms with Crippen LogP contribution < -0.4 is 0 Å². The third kappa shape index (κ3) is 5.61. The minimum absolute atomic E-state index is 0.489. The molecule has 11 heavy (non-hydrogen) atoms. The molecular formula is C8H14O3. The highest BCUT2D eigenvalue weighted by atomic mass is 16.6. The summed E-state index contributed by atoms with van der Waals surface area (Å²) in [4.78, 5) is 10.7. The molecule has 1 atom stereocenters. The predicted octanol–water partition coefficient (Wildman–Crippen LogP) is 1.22. The highest BCUT2D eigenvalue weighted by molar-refractivity contribution is 5.81. The molecule has 0 radical (unpaired) electrons. The molecule has 0 aliphatic carbocycles. The first-order chi connectivity index (χ1) is 5.20. The van der Waals surface area contributed by atoms with Crippen molar-refractivity contribution in [2.45, 2.75) is 33.0 Å². The van der Waals surface area contributed by atoms with Gasteiger partial charge in [-0.1, -0.05) is 19.4 Å². The van der Waals surface area contributed by atoms with E-state index in [-0.39, 0.29) is 0 Å². The molecule has 0 heterocycles. The second kappa shape index (κ2) is 5.92. The van der Waals surface area contributed by atoms with Crippen LogP contribution in [0.4, 0.5) is 0 Å². The second-order valence-electron chi connectivity index (χ2n) is 2.18. The zero-order valence-electron chi connectivity index (χ0n) is 6.91. The number of aliphatic hydroxyl groups is 1. The Kier molecular flexibility index (Phi) is 5.47. The zero-order valence-corrected chi connectivity index (χ0v) is 6.91. The Labute approximate surface area is 66.7 Å². The van der Waals surface area contributed by atoms with E-state index in [1.165, 1.54) is 6.08 Å². The van der Waals surface area contributed by atoms with E-state index in [9.17, 15) is 4.79 Å². The number of aliphatic hydroxyl groups excluding tert-OH is 1. The van der Waals surface area contributed by atoms with Gasteiger partial charge < -0.3 is 9.84 Å². The van der Waals surface area contributed by atoms with Crippen LogP contribution in [0.15, 0.2) is 12.2 Å². The van der Waals surface area contributed by atoms with Gasteiger partial charge in [0.25, 0.3) is 0 Å². The van der Waals surface area contributed by atoms with Crippen LogP contribution in [-0.2, 0) is 9.53 Å². The van der Waals surface area contributed by atoms with Crippen LogP contribution in [0.25, 0.3) is 0 Å². The Morgan fingerprint density at radius 1 is 1.73 bits per heavy atom. The predicted molar refractivity (Wildman–Crippen MR) is 41.8 cm³/mol. The van der Waals surface area contributed by atoms with E-state index in [0.717, 1.165) is 6.42 Å². The lowest BCUT2D eigenvalue weighted by Crippen LogP contribution is -2.15. The molecule has 0 spiro atoms. The van der Waals surface area contributed by atoms with Gasteiger partial charge in [-0.15, -0.1) is 0 Å². The van der Waals surface area contributed by atoms with E-state index in [0.29, 0.717) is 6.42 Å². The number of rotatable bonds is 4. The molecule has 1 unspecified atom stereocenters. The molecule has 0 aromatic rings. The molecule has 1 N–H and O–H groups in total. The summed E-state index contributed by atoms with van der Waals surface area (Å²) in [6, 6.07) is 0. The molecule has 0 rings (SSSR count). The van der Waals surface area contributed by atoms with Crippen LogP contribution in [0.5, 0.6) is 0 Å². The van der Waals surface area contributed by atoms with Crippen molar-refractivity contribution in [2.24, 2.45) is 0 Å². The first-order valence-corrected chi connectivity index (χ1v) is 3.72. The SMILES string of the molecule is C/C=C/C(=O)OC(O)CCC. The lowest BCUT2D eigenvalue weighted by Gasteiger charge is -2.07. The standard InChI is InChI=1S/C8H14O3/c1-3-5-7(9)11-8(10)6-4-2/h3,5,8,10H,4,6H2,1-2H3/b5-3+. The van der Waals surface area contributed by atoms with Gasteiger partial charge in [0.2, 0.25) is 6.29 Å². The molecule has 0 fully saturated rings. The molecule has 0 amide bonds. The topological polar surface area (TPSA) is 46.5 Å². The number of hydrogen-bond donors (Lipinski definition) is 1. The van der Waals surface area contributed by atoms with Crippen molar-refractivity contribution in [3.05, 3.63) is 12.2 Å². The molecule has 3 nitrogen and oxygen atoms in total.